The zero-order chi connectivity index (χ0) is 15.6. The summed E-state index contributed by atoms with van der Waals surface area (Å²) in [5.41, 5.74) is 6.51. The molecule has 0 amide bonds. The average molecular weight is 322 g/mol. The molecule has 3 heteroatoms. The first-order valence-electron chi connectivity index (χ1n) is 7.11. The summed E-state index contributed by atoms with van der Waals surface area (Å²) in [6.45, 7) is 6.49. The van der Waals surface area contributed by atoms with E-state index in [1.54, 1.807) is 0 Å². The van der Waals surface area contributed by atoms with E-state index in [0.717, 1.165) is 6.42 Å². The topological polar surface area (TPSA) is 12.0 Å². The molecule has 0 aromatic heterocycles. The van der Waals surface area contributed by atoms with Gasteiger partial charge < -0.3 is 5.32 Å². The number of hydrogen-bond donors (Lipinski definition) is 1. The Bertz CT molecular complexity index is 627. The van der Waals surface area contributed by atoms with E-state index in [-0.39, 0.29) is 6.04 Å². The Labute approximate surface area is 137 Å². The number of halogens is 2. The van der Waals surface area contributed by atoms with Gasteiger partial charge in [-0.2, -0.15) is 0 Å². The molecule has 1 atom stereocenters. The second-order valence-electron chi connectivity index (χ2n) is 5.61. The number of aryl methyl sites for hydroxylation is 3. The third kappa shape index (κ3) is 3.79. The van der Waals surface area contributed by atoms with Gasteiger partial charge in [-0.05, 0) is 68.6 Å². The molecular formula is C18H21Cl2N. The molecule has 0 spiro atoms. The van der Waals surface area contributed by atoms with E-state index in [1.807, 2.05) is 25.2 Å². The quantitative estimate of drug-likeness (QED) is 0.792. The third-order valence-electron chi connectivity index (χ3n) is 3.86. The van der Waals surface area contributed by atoms with Crippen LogP contribution in [0, 0.1) is 20.8 Å². The Morgan fingerprint density at radius 3 is 2.10 bits per heavy atom. The lowest BCUT2D eigenvalue weighted by atomic mass is 9.90. The standard InChI is InChI=1S/C18H21Cl2N/c1-11-7-12(2)18(13(3)8-11)17(21-4)10-14-5-6-15(19)16(20)9-14/h5-9,17,21H,10H2,1-4H3. The van der Waals surface area contributed by atoms with Gasteiger partial charge in [0.25, 0.3) is 0 Å². The minimum absolute atomic E-state index is 0.267. The average Bonchev–Trinajstić information content (AvgIpc) is 2.40. The normalized spacial score (nSPS) is 12.5. The van der Waals surface area contributed by atoms with Crippen molar-refractivity contribution < 1.29 is 0 Å². The second-order valence-corrected chi connectivity index (χ2v) is 6.42. The maximum atomic E-state index is 6.12. The van der Waals surface area contributed by atoms with Crippen molar-refractivity contribution in [3.63, 3.8) is 0 Å². The molecule has 21 heavy (non-hydrogen) atoms. The fourth-order valence-corrected chi connectivity index (χ4v) is 3.31. The van der Waals surface area contributed by atoms with Gasteiger partial charge in [0.1, 0.15) is 0 Å². The maximum absolute atomic E-state index is 6.12. The fraction of sp³-hybridized carbons (Fsp3) is 0.333. The predicted octanol–water partition coefficient (Wildman–Crippen LogP) is 5.42. The molecule has 0 aliphatic carbocycles. The second kappa shape index (κ2) is 6.83. The lowest BCUT2D eigenvalue weighted by Gasteiger charge is -2.22. The van der Waals surface area contributed by atoms with E-state index >= 15 is 0 Å². The van der Waals surface area contributed by atoms with Gasteiger partial charge in [-0.25, -0.2) is 0 Å². The van der Waals surface area contributed by atoms with Gasteiger partial charge in [0, 0.05) is 6.04 Å². The molecule has 0 saturated heterocycles. The van der Waals surface area contributed by atoms with Crippen molar-refractivity contribution in [2.75, 3.05) is 7.05 Å². The van der Waals surface area contributed by atoms with Crippen LogP contribution in [0.15, 0.2) is 30.3 Å². The van der Waals surface area contributed by atoms with Crippen LogP contribution in [0.25, 0.3) is 0 Å². The number of rotatable bonds is 4. The van der Waals surface area contributed by atoms with Crippen LogP contribution in [0.5, 0.6) is 0 Å². The van der Waals surface area contributed by atoms with Gasteiger partial charge in [-0.1, -0.05) is 47.0 Å². The molecule has 0 aliphatic heterocycles. The molecular weight excluding hydrogens is 301 g/mol. The van der Waals surface area contributed by atoms with E-state index in [0.29, 0.717) is 10.0 Å². The molecule has 2 aromatic rings. The molecule has 112 valence electrons. The fourth-order valence-electron chi connectivity index (χ4n) is 2.99. The summed E-state index contributed by atoms with van der Waals surface area (Å²) >= 11 is 12.1. The van der Waals surface area contributed by atoms with E-state index in [1.165, 1.54) is 27.8 Å². The van der Waals surface area contributed by atoms with Crippen molar-refractivity contribution in [3.05, 3.63) is 68.2 Å². The van der Waals surface area contributed by atoms with Crippen LogP contribution in [0.3, 0.4) is 0 Å². The van der Waals surface area contributed by atoms with Gasteiger partial charge in [0.05, 0.1) is 10.0 Å². The van der Waals surface area contributed by atoms with Crippen LogP contribution in [0.4, 0.5) is 0 Å². The minimum Gasteiger partial charge on any atom is -0.313 e. The first-order chi connectivity index (χ1) is 9.92. The van der Waals surface area contributed by atoms with Crippen molar-refractivity contribution in [2.45, 2.75) is 33.2 Å². The SMILES string of the molecule is CNC(Cc1ccc(Cl)c(Cl)c1)c1c(C)cc(C)cc1C. The number of benzene rings is 2. The number of likely N-dealkylation sites (N-methyl/N-ethyl adjacent to an activating group) is 1. The highest BCUT2D eigenvalue weighted by molar-refractivity contribution is 6.42. The first-order valence-corrected chi connectivity index (χ1v) is 7.87. The third-order valence-corrected chi connectivity index (χ3v) is 4.60. The largest absolute Gasteiger partial charge is 0.313 e. The highest BCUT2D eigenvalue weighted by Gasteiger charge is 2.16. The van der Waals surface area contributed by atoms with Crippen LogP contribution in [0.1, 0.15) is 33.9 Å². The van der Waals surface area contributed by atoms with E-state index in [4.69, 9.17) is 23.2 Å². The van der Waals surface area contributed by atoms with Crippen LogP contribution < -0.4 is 5.32 Å². The molecule has 0 aliphatic rings. The Morgan fingerprint density at radius 2 is 1.57 bits per heavy atom. The van der Waals surface area contributed by atoms with Crippen LogP contribution >= 0.6 is 23.2 Å². The molecule has 1 unspecified atom stereocenters. The summed E-state index contributed by atoms with van der Waals surface area (Å²) in [4.78, 5) is 0. The van der Waals surface area contributed by atoms with E-state index in [9.17, 15) is 0 Å². The first kappa shape index (κ1) is 16.4. The molecule has 0 heterocycles. The Kier molecular flexibility index (Phi) is 5.32. The predicted molar refractivity (Wildman–Crippen MR) is 92.6 cm³/mol. The lowest BCUT2D eigenvalue weighted by molar-refractivity contribution is 0.585. The molecule has 0 saturated carbocycles. The van der Waals surface area contributed by atoms with Crippen molar-refractivity contribution >= 4 is 23.2 Å². The van der Waals surface area contributed by atoms with Gasteiger partial charge in [-0.3, -0.25) is 0 Å². The van der Waals surface area contributed by atoms with Gasteiger partial charge in [-0.15, -0.1) is 0 Å². The Hall–Kier alpha value is -1.02. The highest BCUT2D eigenvalue weighted by Crippen LogP contribution is 2.29. The zero-order valence-corrected chi connectivity index (χ0v) is 14.4. The molecule has 1 N–H and O–H groups in total. The molecule has 0 radical (unpaired) electrons. The molecule has 0 fully saturated rings. The summed E-state index contributed by atoms with van der Waals surface area (Å²) in [6, 6.07) is 10.6. The zero-order valence-electron chi connectivity index (χ0n) is 12.9. The molecule has 2 rings (SSSR count). The number of hydrogen-bond acceptors (Lipinski definition) is 1. The Balaban J connectivity index is 2.34. The number of nitrogens with one attached hydrogen (secondary N) is 1. The molecule has 0 bridgehead atoms. The smallest absolute Gasteiger partial charge is 0.0595 e. The van der Waals surface area contributed by atoms with Crippen molar-refractivity contribution in [2.24, 2.45) is 0 Å². The van der Waals surface area contributed by atoms with Crippen molar-refractivity contribution in [1.82, 2.24) is 5.32 Å². The van der Waals surface area contributed by atoms with Crippen molar-refractivity contribution in [3.8, 4) is 0 Å². The molecule has 2 aromatic carbocycles. The molecule has 1 nitrogen and oxygen atoms in total. The summed E-state index contributed by atoms with van der Waals surface area (Å²) < 4.78 is 0. The summed E-state index contributed by atoms with van der Waals surface area (Å²) in [5, 5.41) is 4.64. The van der Waals surface area contributed by atoms with Gasteiger partial charge >= 0.3 is 0 Å². The highest BCUT2D eigenvalue weighted by atomic mass is 35.5. The summed E-state index contributed by atoms with van der Waals surface area (Å²) in [5.74, 6) is 0. The Morgan fingerprint density at radius 1 is 0.952 bits per heavy atom. The maximum Gasteiger partial charge on any atom is 0.0595 e. The monoisotopic (exact) mass is 321 g/mol. The van der Waals surface area contributed by atoms with Crippen molar-refractivity contribution in [1.29, 1.82) is 0 Å². The van der Waals surface area contributed by atoms with Gasteiger partial charge in [0.2, 0.25) is 0 Å². The van der Waals surface area contributed by atoms with E-state index in [2.05, 4.69) is 38.2 Å². The van der Waals surface area contributed by atoms with Crippen LogP contribution in [-0.4, -0.2) is 7.05 Å². The van der Waals surface area contributed by atoms with Crippen LogP contribution in [0.2, 0.25) is 10.0 Å². The van der Waals surface area contributed by atoms with Gasteiger partial charge in [0.15, 0.2) is 0 Å². The minimum atomic E-state index is 0.267. The lowest BCUT2D eigenvalue weighted by Crippen LogP contribution is -2.21. The van der Waals surface area contributed by atoms with E-state index < -0.39 is 0 Å². The summed E-state index contributed by atoms with van der Waals surface area (Å²) in [6.07, 6.45) is 0.887. The van der Waals surface area contributed by atoms with Crippen LogP contribution in [-0.2, 0) is 6.42 Å². The summed E-state index contributed by atoms with van der Waals surface area (Å²) in [7, 11) is 2.00.